The highest BCUT2D eigenvalue weighted by Crippen LogP contribution is 2.23. The molecule has 1 unspecified atom stereocenters. The van der Waals surface area contributed by atoms with Gasteiger partial charge in [0.2, 0.25) is 5.91 Å². The summed E-state index contributed by atoms with van der Waals surface area (Å²) in [5, 5.41) is 2.03. The lowest BCUT2D eigenvalue weighted by atomic mass is 10.0. The van der Waals surface area contributed by atoms with Gasteiger partial charge in [0.25, 0.3) is 0 Å². The summed E-state index contributed by atoms with van der Waals surface area (Å²) in [6.07, 6.45) is 2.93. The van der Waals surface area contributed by atoms with Crippen LogP contribution in [0.15, 0.2) is 41.8 Å². The molecule has 0 radical (unpaired) electrons. The Bertz CT molecular complexity index is 676. The van der Waals surface area contributed by atoms with E-state index in [0.717, 1.165) is 24.8 Å². The molecule has 2 heterocycles. The van der Waals surface area contributed by atoms with Crippen molar-refractivity contribution in [1.82, 2.24) is 4.90 Å². The molecule has 1 aromatic heterocycles. The summed E-state index contributed by atoms with van der Waals surface area (Å²) in [7, 11) is 0. The zero-order valence-electron chi connectivity index (χ0n) is 13.3. The van der Waals surface area contributed by atoms with Gasteiger partial charge in [-0.05, 0) is 37.6 Å². The second-order valence-corrected chi connectivity index (χ2v) is 7.09. The van der Waals surface area contributed by atoms with Crippen LogP contribution in [0.5, 0.6) is 0 Å². The van der Waals surface area contributed by atoms with Gasteiger partial charge in [-0.3, -0.25) is 9.59 Å². The summed E-state index contributed by atoms with van der Waals surface area (Å²) in [4.78, 5) is 28.2. The Morgan fingerprint density at radius 3 is 2.70 bits per heavy atom. The van der Waals surface area contributed by atoms with E-state index in [1.54, 1.807) is 16.2 Å². The number of benzene rings is 1. The van der Waals surface area contributed by atoms with Crippen molar-refractivity contribution in [3.8, 4) is 0 Å². The first-order chi connectivity index (χ1) is 11.1. The third-order valence-electron chi connectivity index (χ3n) is 4.38. The second kappa shape index (κ2) is 7.09. The molecule has 0 aliphatic carbocycles. The van der Waals surface area contributed by atoms with Gasteiger partial charge in [0.05, 0.1) is 6.04 Å². The first-order valence-electron chi connectivity index (χ1n) is 8.08. The molecular weight excluding hydrogens is 306 g/mol. The molecule has 1 fully saturated rings. The first kappa shape index (κ1) is 15.9. The van der Waals surface area contributed by atoms with Crippen LogP contribution in [-0.2, 0) is 11.2 Å². The zero-order chi connectivity index (χ0) is 16.2. The van der Waals surface area contributed by atoms with Gasteiger partial charge in [-0.2, -0.15) is 0 Å². The van der Waals surface area contributed by atoms with E-state index in [2.05, 4.69) is 6.07 Å². The number of thiophene rings is 1. The highest BCUT2D eigenvalue weighted by atomic mass is 32.1. The zero-order valence-corrected chi connectivity index (χ0v) is 14.1. The number of Topliss-reactive ketones (excluding diaryl/α,β-unsaturated/α-hetero) is 1. The Balaban J connectivity index is 1.65. The number of aryl methyl sites for hydroxylation is 2. The number of likely N-dealkylation sites (tertiary alicyclic amines) is 1. The molecule has 0 bridgehead atoms. The fourth-order valence-corrected chi connectivity index (χ4v) is 3.79. The van der Waals surface area contributed by atoms with Gasteiger partial charge >= 0.3 is 0 Å². The van der Waals surface area contributed by atoms with Crippen LogP contribution >= 0.6 is 11.3 Å². The van der Waals surface area contributed by atoms with Crippen LogP contribution in [0, 0.1) is 6.92 Å². The van der Waals surface area contributed by atoms with Gasteiger partial charge in [0.15, 0.2) is 5.78 Å². The van der Waals surface area contributed by atoms with E-state index in [1.807, 2.05) is 42.6 Å². The number of carbonyl (C=O) groups excluding carboxylic acids is 2. The van der Waals surface area contributed by atoms with Crippen LogP contribution in [0.2, 0.25) is 0 Å². The van der Waals surface area contributed by atoms with E-state index in [1.165, 1.54) is 4.88 Å². The Labute approximate surface area is 140 Å². The van der Waals surface area contributed by atoms with E-state index in [-0.39, 0.29) is 17.7 Å². The molecule has 4 heteroatoms. The van der Waals surface area contributed by atoms with E-state index in [0.29, 0.717) is 18.5 Å². The van der Waals surface area contributed by atoms with Crippen molar-refractivity contribution in [3.05, 3.63) is 57.8 Å². The predicted octanol–water partition coefficient (Wildman–Crippen LogP) is 3.86. The number of nitrogens with zero attached hydrogens (tertiary/aromatic N) is 1. The van der Waals surface area contributed by atoms with Gasteiger partial charge in [0.1, 0.15) is 0 Å². The van der Waals surface area contributed by atoms with E-state index < -0.39 is 0 Å². The monoisotopic (exact) mass is 327 g/mol. The summed E-state index contributed by atoms with van der Waals surface area (Å²) >= 11 is 1.68. The number of rotatable bonds is 5. The molecule has 2 aromatic rings. The topological polar surface area (TPSA) is 37.4 Å². The highest BCUT2D eigenvalue weighted by Gasteiger charge is 2.34. The van der Waals surface area contributed by atoms with Crippen LogP contribution in [0.3, 0.4) is 0 Å². The Morgan fingerprint density at radius 1 is 1.22 bits per heavy atom. The van der Waals surface area contributed by atoms with Crippen molar-refractivity contribution in [2.75, 3.05) is 6.54 Å². The van der Waals surface area contributed by atoms with Crippen molar-refractivity contribution in [3.63, 3.8) is 0 Å². The maximum Gasteiger partial charge on any atom is 0.223 e. The van der Waals surface area contributed by atoms with E-state index >= 15 is 0 Å². The molecule has 3 rings (SSSR count). The van der Waals surface area contributed by atoms with Crippen molar-refractivity contribution in [1.29, 1.82) is 0 Å². The standard InChI is InChI=1S/C19H21NO2S/c1-14-6-8-15(9-7-14)19(22)17-5-2-12-20(17)18(21)11-10-16-4-3-13-23-16/h3-4,6-9,13,17H,2,5,10-12H2,1H3. The Hall–Kier alpha value is -1.94. The molecule has 23 heavy (non-hydrogen) atoms. The minimum atomic E-state index is -0.284. The molecule has 1 amide bonds. The lowest BCUT2D eigenvalue weighted by Crippen LogP contribution is -2.40. The fourth-order valence-electron chi connectivity index (χ4n) is 3.08. The first-order valence-corrected chi connectivity index (χ1v) is 8.96. The Morgan fingerprint density at radius 2 is 2.00 bits per heavy atom. The van der Waals surface area contributed by atoms with Crippen molar-refractivity contribution >= 4 is 23.0 Å². The molecule has 120 valence electrons. The lowest BCUT2D eigenvalue weighted by Gasteiger charge is -2.23. The fraction of sp³-hybridized carbons (Fsp3) is 0.368. The molecule has 0 N–H and O–H groups in total. The molecule has 3 nitrogen and oxygen atoms in total. The lowest BCUT2D eigenvalue weighted by molar-refractivity contribution is -0.131. The smallest absolute Gasteiger partial charge is 0.223 e. The van der Waals surface area contributed by atoms with Crippen molar-refractivity contribution < 1.29 is 9.59 Å². The third kappa shape index (κ3) is 3.70. The van der Waals surface area contributed by atoms with Gasteiger partial charge in [0, 0.05) is 23.4 Å². The summed E-state index contributed by atoms with van der Waals surface area (Å²) in [5.41, 5.74) is 1.84. The third-order valence-corrected chi connectivity index (χ3v) is 5.31. The quantitative estimate of drug-likeness (QED) is 0.782. The molecule has 1 aromatic carbocycles. The van der Waals surface area contributed by atoms with Gasteiger partial charge < -0.3 is 4.90 Å². The van der Waals surface area contributed by atoms with Crippen molar-refractivity contribution in [2.45, 2.75) is 38.6 Å². The van der Waals surface area contributed by atoms with Crippen LogP contribution in [0.4, 0.5) is 0 Å². The summed E-state index contributed by atoms with van der Waals surface area (Å²) in [6, 6.07) is 11.4. The minimum Gasteiger partial charge on any atom is -0.332 e. The SMILES string of the molecule is Cc1ccc(C(=O)C2CCCN2C(=O)CCc2cccs2)cc1. The number of carbonyl (C=O) groups is 2. The predicted molar refractivity (Wildman–Crippen MR) is 92.9 cm³/mol. The summed E-state index contributed by atoms with van der Waals surface area (Å²) < 4.78 is 0. The average molecular weight is 327 g/mol. The van der Waals surface area contributed by atoms with Gasteiger partial charge in [-0.25, -0.2) is 0 Å². The van der Waals surface area contributed by atoms with Crippen LogP contribution in [0.1, 0.15) is 40.1 Å². The van der Waals surface area contributed by atoms with Crippen molar-refractivity contribution in [2.24, 2.45) is 0 Å². The molecule has 1 atom stereocenters. The summed E-state index contributed by atoms with van der Waals surface area (Å²) in [5.74, 6) is 0.174. The van der Waals surface area contributed by atoms with E-state index in [9.17, 15) is 9.59 Å². The maximum atomic E-state index is 12.7. The average Bonchev–Trinajstić information content (AvgIpc) is 3.24. The maximum absolute atomic E-state index is 12.7. The number of ketones is 1. The molecule has 1 saturated heterocycles. The van der Waals surface area contributed by atoms with Crippen LogP contribution in [0.25, 0.3) is 0 Å². The van der Waals surface area contributed by atoms with Crippen LogP contribution < -0.4 is 0 Å². The van der Waals surface area contributed by atoms with Gasteiger partial charge in [-0.15, -0.1) is 11.3 Å². The molecule has 0 spiro atoms. The Kier molecular flexibility index (Phi) is 4.91. The number of hydrogen-bond donors (Lipinski definition) is 0. The molecule has 1 aliphatic rings. The number of amides is 1. The normalized spacial score (nSPS) is 17.4. The highest BCUT2D eigenvalue weighted by molar-refractivity contribution is 7.09. The summed E-state index contributed by atoms with van der Waals surface area (Å²) in [6.45, 7) is 2.70. The van der Waals surface area contributed by atoms with E-state index in [4.69, 9.17) is 0 Å². The molecule has 1 aliphatic heterocycles. The van der Waals surface area contributed by atoms with Crippen LogP contribution in [-0.4, -0.2) is 29.2 Å². The molecule has 0 saturated carbocycles. The second-order valence-electron chi connectivity index (χ2n) is 6.05. The number of hydrogen-bond acceptors (Lipinski definition) is 3. The largest absolute Gasteiger partial charge is 0.332 e. The minimum absolute atomic E-state index is 0.0759. The van der Waals surface area contributed by atoms with Gasteiger partial charge in [-0.1, -0.05) is 35.9 Å². The molecular formula is C19H21NO2S.